The fourth-order valence-electron chi connectivity index (χ4n) is 2.32. The van der Waals surface area contributed by atoms with Crippen LogP contribution in [0.3, 0.4) is 0 Å². The van der Waals surface area contributed by atoms with Crippen molar-refractivity contribution in [3.05, 3.63) is 0 Å². The highest BCUT2D eigenvalue weighted by Crippen LogP contribution is 2.26. The molecule has 0 aromatic rings. The molecule has 17 heavy (non-hydrogen) atoms. The lowest BCUT2D eigenvalue weighted by molar-refractivity contribution is -0.124. The molecule has 3 nitrogen and oxygen atoms in total. The SMILES string of the molecule is CCC1CCC(NC(=O)C(N)C(C)C)CC1.Cl. The first-order valence-electron chi connectivity index (χ1n) is 6.60. The summed E-state index contributed by atoms with van der Waals surface area (Å²) in [6.45, 7) is 6.22. The van der Waals surface area contributed by atoms with Crippen LogP contribution in [0.4, 0.5) is 0 Å². The number of hydrogen-bond acceptors (Lipinski definition) is 2. The van der Waals surface area contributed by atoms with E-state index in [1.165, 1.54) is 19.3 Å². The molecule has 0 bridgehead atoms. The van der Waals surface area contributed by atoms with Crippen LogP contribution in [0.1, 0.15) is 52.9 Å². The van der Waals surface area contributed by atoms with Gasteiger partial charge in [-0.05, 0) is 37.5 Å². The molecule has 1 rings (SSSR count). The molecule has 0 saturated heterocycles. The van der Waals surface area contributed by atoms with Gasteiger partial charge in [-0.25, -0.2) is 0 Å². The van der Waals surface area contributed by atoms with Crippen molar-refractivity contribution < 1.29 is 4.79 Å². The largest absolute Gasteiger partial charge is 0.352 e. The Kier molecular flexibility index (Phi) is 7.80. The van der Waals surface area contributed by atoms with Gasteiger partial charge in [0.1, 0.15) is 0 Å². The van der Waals surface area contributed by atoms with Crippen LogP contribution in [0.25, 0.3) is 0 Å². The lowest BCUT2D eigenvalue weighted by Gasteiger charge is -2.29. The number of hydrogen-bond donors (Lipinski definition) is 2. The summed E-state index contributed by atoms with van der Waals surface area (Å²) in [6.07, 6.45) is 6.01. The topological polar surface area (TPSA) is 55.1 Å². The fourth-order valence-corrected chi connectivity index (χ4v) is 2.32. The van der Waals surface area contributed by atoms with Crippen LogP contribution in [0, 0.1) is 11.8 Å². The predicted octanol–water partition coefficient (Wildman–Crippen LogP) is 2.48. The third kappa shape index (κ3) is 5.26. The summed E-state index contributed by atoms with van der Waals surface area (Å²) in [5.41, 5.74) is 5.82. The molecule has 0 radical (unpaired) electrons. The van der Waals surface area contributed by atoms with Crippen LogP contribution in [-0.2, 0) is 4.79 Å². The molecule has 1 fully saturated rings. The summed E-state index contributed by atoms with van der Waals surface area (Å²) in [6, 6.07) is 0.00370. The summed E-state index contributed by atoms with van der Waals surface area (Å²) in [7, 11) is 0. The quantitative estimate of drug-likeness (QED) is 0.818. The minimum Gasteiger partial charge on any atom is -0.352 e. The average Bonchev–Trinajstić information content (AvgIpc) is 2.28. The molecule has 0 aromatic heterocycles. The van der Waals surface area contributed by atoms with E-state index in [4.69, 9.17) is 5.73 Å². The van der Waals surface area contributed by atoms with E-state index in [0.717, 1.165) is 18.8 Å². The smallest absolute Gasteiger partial charge is 0.237 e. The molecule has 3 N–H and O–H groups in total. The molecule has 1 aliphatic carbocycles. The van der Waals surface area contributed by atoms with Gasteiger partial charge in [0.15, 0.2) is 0 Å². The van der Waals surface area contributed by atoms with E-state index in [9.17, 15) is 4.79 Å². The van der Waals surface area contributed by atoms with E-state index < -0.39 is 0 Å². The number of nitrogens with one attached hydrogen (secondary N) is 1. The van der Waals surface area contributed by atoms with Gasteiger partial charge in [0.2, 0.25) is 5.91 Å². The maximum Gasteiger partial charge on any atom is 0.237 e. The maximum atomic E-state index is 11.8. The van der Waals surface area contributed by atoms with Crippen LogP contribution in [0.2, 0.25) is 0 Å². The lowest BCUT2D eigenvalue weighted by Crippen LogP contribution is -2.48. The standard InChI is InChI=1S/C13H26N2O.ClH/c1-4-10-5-7-11(8-6-10)15-13(16)12(14)9(2)3;/h9-12H,4-8,14H2,1-3H3,(H,15,16);1H. The van der Waals surface area contributed by atoms with Crippen LogP contribution in [0.15, 0.2) is 0 Å². The van der Waals surface area contributed by atoms with Crippen molar-refractivity contribution in [1.29, 1.82) is 0 Å². The third-order valence-corrected chi connectivity index (χ3v) is 3.79. The first-order chi connectivity index (χ1) is 7.54. The number of nitrogens with two attached hydrogens (primary N) is 1. The van der Waals surface area contributed by atoms with E-state index >= 15 is 0 Å². The minimum atomic E-state index is -0.358. The van der Waals surface area contributed by atoms with Crippen molar-refractivity contribution in [2.24, 2.45) is 17.6 Å². The van der Waals surface area contributed by atoms with Gasteiger partial charge in [-0.15, -0.1) is 12.4 Å². The van der Waals surface area contributed by atoms with Crippen LogP contribution in [-0.4, -0.2) is 18.0 Å². The van der Waals surface area contributed by atoms with Crippen molar-refractivity contribution in [3.63, 3.8) is 0 Å². The molecule has 1 unspecified atom stereocenters. The molecule has 0 spiro atoms. The molecule has 0 aromatic carbocycles. The number of rotatable bonds is 4. The maximum absolute atomic E-state index is 11.8. The van der Waals surface area contributed by atoms with Gasteiger partial charge in [0.05, 0.1) is 6.04 Å². The number of amides is 1. The normalized spacial score (nSPS) is 26.2. The second-order valence-corrected chi connectivity index (χ2v) is 5.40. The Labute approximate surface area is 111 Å². The minimum absolute atomic E-state index is 0. The Morgan fingerprint density at radius 3 is 2.24 bits per heavy atom. The lowest BCUT2D eigenvalue weighted by atomic mass is 9.84. The van der Waals surface area contributed by atoms with Gasteiger partial charge in [0.25, 0.3) is 0 Å². The van der Waals surface area contributed by atoms with Gasteiger partial charge in [-0.1, -0.05) is 27.2 Å². The molecule has 1 saturated carbocycles. The van der Waals surface area contributed by atoms with Gasteiger partial charge in [0, 0.05) is 6.04 Å². The number of halogens is 1. The Morgan fingerprint density at radius 2 is 1.82 bits per heavy atom. The number of carbonyl (C=O) groups excluding carboxylic acids is 1. The summed E-state index contributed by atoms with van der Waals surface area (Å²) in [5.74, 6) is 1.11. The highest BCUT2D eigenvalue weighted by atomic mass is 35.5. The zero-order valence-electron chi connectivity index (χ0n) is 11.2. The van der Waals surface area contributed by atoms with Crippen molar-refractivity contribution >= 4 is 18.3 Å². The summed E-state index contributed by atoms with van der Waals surface area (Å²) < 4.78 is 0. The Morgan fingerprint density at radius 1 is 1.29 bits per heavy atom. The monoisotopic (exact) mass is 262 g/mol. The van der Waals surface area contributed by atoms with E-state index in [1.54, 1.807) is 0 Å². The van der Waals surface area contributed by atoms with Crippen LogP contribution < -0.4 is 11.1 Å². The number of carbonyl (C=O) groups is 1. The predicted molar refractivity (Wildman–Crippen MR) is 74.2 cm³/mol. The van der Waals surface area contributed by atoms with Gasteiger partial charge >= 0.3 is 0 Å². The Bertz CT molecular complexity index is 225. The molecular formula is C13H27ClN2O. The molecule has 1 amide bonds. The first-order valence-corrected chi connectivity index (χ1v) is 6.60. The molecule has 102 valence electrons. The molecule has 1 atom stereocenters. The van der Waals surface area contributed by atoms with Crippen molar-refractivity contribution in [1.82, 2.24) is 5.32 Å². The van der Waals surface area contributed by atoms with Crippen LogP contribution in [0.5, 0.6) is 0 Å². The van der Waals surface area contributed by atoms with Crippen LogP contribution >= 0.6 is 12.4 Å². The van der Waals surface area contributed by atoms with Crippen molar-refractivity contribution in [2.75, 3.05) is 0 Å². The average molecular weight is 263 g/mol. The van der Waals surface area contributed by atoms with E-state index in [-0.39, 0.29) is 30.3 Å². The Hall–Kier alpha value is -0.280. The van der Waals surface area contributed by atoms with Gasteiger partial charge in [-0.2, -0.15) is 0 Å². The highest BCUT2D eigenvalue weighted by molar-refractivity contribution is 5.85. The third-order valence-electron chi connectivity index (χ3n) is 3.79. The zero-order valence-corrected chi connectivity index (χ0v) is 12.1. The molecule has 4 heteroatoms. The molecular weight excluding hydrogens is 236 g/mol. The second-order valence-electron chi connectivity index (χ2n) is 5.40. The van der Waals surface area contributed by atoms with E-state index in [2.05, 4.69) is 12.2 Å². The summed E-state index contributed by atoms with van der Waals surface area (Å²) >= 11 is 0. The molecule has 0 aliphatic heterocycles. The van der Waals surface area contributed by atoms with E-state index in [0.29, 0.717) is 6.04 Å². The first kappa shape index (κ1) is 16.7. The fraction of sp³-hybridized carbons (Fsp3) is 0.923. The molecule has 1 aliphatic rings. The highest BCUT2D eigenvalue weighted by Gasteiger charge is 2.24. The Balaban J connectivity index is 0.00000256. The van der Waals surface area contributed by atoms with Gasteiger partial charge in [-0.3, -0.25) is 4.79 Å². The van der Waals surface area contributed by atoms with Gasteiger partial charge < -0.3 is 11.1 Å². The second kappa shape index (κ2) is 7.93. The van der Waals surface area contributed by atoms with Crippen molar-refractivity contribution in [2.45, 2.75) is 65.0 Å². The zero-order chi connectivity index (χ0) is 12.1. The van der Waals surface area contributed by atoms with E-state index in [1.807, 2.05) is 13.8 Å². The van der Waals surface area contributed by atoms with Crippen molar-refractivity contribution in [3.8, 4) is 0 Å². The molecule has 0 heterocycles. The summed E-state index contributed by atoms with van der Waals surface area (Å²) in [4.78, 5) is 11.8. The summed E-state index contributed by atoms with van der Waals surface area (Å²) in [5, 5.41) is 3.08.